The Balaban J connectivity index is 1.83. The first kappa shape index (κ1) is 8.60. The minimum Gasteiger partial charge on any atom is -0.377 e. The Morgan fingerprint density at radius 3 is 2.90 bits per heavy atom. The van der Waals surface area contributed by atoms with Crippen molar-refractivity contribution in [2.24, 2.45) is 0 Å². The maximum atomic E-state index is 5.67. The van der Waals surface area contributed by atoms with Crippen molar-refractivity contribution in [3.05, 3.63) is 0 Å². The second-order valence-electron chi connectivity index (χ2n) is 2.24. The van der Waals surface area contributed by atoms with Gasteiger partial charge in [0.2, 0.25) is 0 Å². The highest BCUT2D eigenvalue weighted by Gasteiger charge is 2.22. The molecule has 60 valence electrons. The van der Waals surface area contributed by atoms with Crippen molar-refractivity contribution >= 4 is 23.2 Å². The number of hydrogen-bond donors (Lipinski definition) is 0. The molecule has 1 fully saturated rings. The highest BCUT2D eigenvalue weighted by molar-refractivity contribution is 6.28. The van der Waals surface area contributed by atoms with E-state index < -0.39 is 0 Å². The van der Waals surface area contributed by atoms with Crippen LogP contribution in [0, 0.1) is 0 Å². The van der Waals surface area contributed by atoms with Crippen LogP contribution in [0.25, 0.3) is 0 Å². The molecule has 10 heavy (non-hydrogen) atoms. The SMILES string of the molecule is ClCC(Cl)COCC1CO1. The van der Waals surface area contributed by atoms with Crippen LogP contribution in [0.15, 0.2) is 0 Å². The lowest BCUT2D eigenvalue weighted by Gasteiger charge is -2.04. The second kappa shape index (κ2) is 4.39. The fourth-order valence-electron chi connectivity index (χ4n) is 0.536. The Hall–Kier alpha value is 0.500. The van der Waals surface area contributed by atoms with Gasteiger partial charge in [-0.2, -0.15) is 0 Å². The van der Waals surface area contributed by atoms with Gasteiger partial charge in [-0.3, -0.25) is 0 Å². The summed E-state index contributed by atoms with van der Waals surface area (Å²) in [4.78, 5) is 0. The van der Waals surface area contributed by atoms with Gasteiger partial charge < -0.3 is 9.47 Å². The standard InChI is InChI=1S/C6H10Cl2O2/c7-1-5(8)2-9-3-6-4-10-6/h5-6H,1-4H2. The van der Waals surface area contributed by atoms with Crippen molar-refractivity contribution in [2.75, 3.05) is 25.7 Å². The van der Waals surface area contributed by atoms with Crippen LogP contribution in [0.2, 0.25) is 0 Å². The molecule has 0 radical (unpaired) electrons. The van der Waals surface area contributed by atoms with Gasteiger partial charge in [0.1, 0.15) is 6.10 Å². The Labute approximate surface area is 70.4 Å². The van der Waals surface area contributed by atoms with Crippen LogP contribution in [-0.2, 0) is 9.47 Å². The van der Waals surface area contributed by atoms with Crippen LogP contribution < -0.4 is 0 Å². The van der Waals surface area contributed by atoms with Crippen molar-refractivity contribution < 1.29 is 9.47 Å². The molecule has 2 atom stereocenters. The maximum absolute atomic E-state index is 5.67. The summed E-state index contributed by atoms with van der Waals surface area (Å²) in [6.45, 7) is 2.00. The normalized spacial score (nSPS) is 26.4. The Bertz CT molecular complexity index is 95.7. The molecule has 1 rings (SSSR count). The number of halogens is 2. The van der Waals surface area contributed by atoms with Crippen molar-refractivity contribution in [1.82, 2.24) is 0 Å². The molecular weight excluding hydrogens is 175 g/mol. The van der Waals surface area contributed by atoms with E-state index in [-0.39, 0.29) is 5.38 Å². The molecule has 2 nitrogen and oxygen atoms in total. The lowest BCUT2D eigenvalue weighted by atomic mass is 10.5. The zero-order valence-electron chi connectivity index (χ0n) is 5.56. The minimum absolute atomic E-state index is 0.0691. The van der Waals surface area contributed by atoms with Gasteiger partial charge in [0.05, 0.1) is 25.2 Å². The molecule has 0 amide bonds. The van der Waals surface area contributed by atoms with Gasteiger partial charge in [0.25, 0.3) is 0 Å². The van der Waals surface area contributed by atoms with Gasteiger partial charge in [-0.15, -0.1) is 23.2 Å². The summed E-state index contributed by atoms with van der Waals surface area (Å²) in [5.74, 6) is 0.438. The van der Waals surface area contributed by atoms with Gasteiger partial charge in [0, 0.05) is 5.88 Å². The van der Waals surface area contributed by atoms with E-state index >= 15 is 0 Å². The van der Waals surface area contributed by atoms with E-state index in [4.69, 9.17) is 32.7 Å². The van der Waals surface area contributed by atoms with Crippen LogP contribution >= 0.6 is 23.2 Å². The number of ether oxygens (including phenoxy) is 2. The molecule has 0 saturated carbocycles. The monoisotopic (exact) mass is 184 g/mol. The molecule has 0 aromatic rings. The van der Waals surface area contributed by atoms with Gasteiger partial charge in [0.15, 0.2) is 0 Å². The third-order valence-corrected chi connectivity index (χ3v) is 1.98. The quantitative estimate of drug-likeness (QED) is 0.474. The molecule has 0 spiro atoms. The molecule has 0 aliphatic carbocycles. The molecule has 0 bridgehead atoms. The van der Waals surface area contributed by atoms with Gasteiger partial charge in [-0.1, -0.05) is 0 Å². The zero-order chi connectivity index (χ0) is 7.40. The number of hydrogen-bond acceptors (Lipinski definition) is 2. The molecule has 1 aliphatic heterocycles. The van der Waals surface area contributed by atoms with Crippen LogP contribution in [-0.4, -0.2) is 37.2 Å². The number of epoxide rings is 1. The fourth-order valence-corrected chi connectivity index (χ4v) is 0.714. The molecule has 1 aliphatic rings. The molecule has 0 aromatic carbocycles. The summed E-state index contributed by atoms with van der Waals surface area (Å²) < 4.78 is 10.1. The van der Waals surface area contributed by atoms with E-state index in [0.29, 0.717) is 25.2 Å². The first-order chi connectivity index (χ1) is 4.83. The van der Waals surface area contributed by atoms with Gasteiger partial charge in [-0.05, 0) is 0 Å². The van der Waals surface area contributed by atoms with Crippen LogP contribution in [0.5, 0.6) is 0 Å². The summed E-state index contributed by atoms with van der Waals surface area (Å²) in [5.41, 5.74) is 0. The van der Waals surface area contributed by atoms with Crippen LogP contribution in [0.3, 0.4) is 0 Å². The summed E-state index contributed by atoms with van der Waals surface area (Å²) in [5, 5.41) is -0.0691. The third-order valence-electron chi connectivity index (χ3n) is 1.17. The Morgan fingerprint density at radius 2 is 2.40 bits per heavy atom. The summed E-state index contributed by atoms with van der Waals surface area (Å²) in [6.07, 6.45) is 0.319. The van der Waals surface area contributed by atoms with E-state index in [9.17, 15) is 0 Å². The minimum atomic E-state index is -0.0691. The third kappa shape index (κ3) is 3.62. The van der Waals surface area contributed by atoms with E-state index in [1.165, 1.54) is 0 Å². The average Bonchev–Trinajstić information content (AvgIpc) is 2.71. The Kier molecular flexibility index (Phi) is 3.78. The van der Waals surface area contributed by atoms with E-state index in [0.717, 1.165) is 6.61 Å². The van der Waals surface area contributed by atoms with Crippen LogP contribution in [0.4, 0.5) is 0 Å². The van der Waals surface area contributed by atoms with Crippen molar-refractivity contribution in [3.63, 3.8) is 0 Å². The highest BCUT2D eigenvalue weighted by Crippen LogP contribution is 2.09. The molecule has 0 aromatic heterocycles. The highest BCUT2D eigenvalue weighted by atomic mass is 35.5. The van der Waals surface area contributed by atoms with Gasteiger partial charge in [-0.25, -0.2) is 0 Å². The molecule has 4 heteroatoms. The first-order valence-corrected chi connectivity index (χ1v) is 4.19. The van der Waals surface area contributed by atoms with Crippen LogP contribution in [0.1, 0.15) is 0 Å². The van der Waals surface area contributed by atoms with Crippen molar-refractivity contribution in [3.8, 4) is 0 Å². The average molecular weight is 185 g/mol. The summed E-state index contributed by atoms with van der Waals surface area (Å²) >= 11 is 11.1. The lowest BCUT2D eigenvalue weighted by Crippen LogP contribution is -2.13. The van der Waals surface area contributed by atoms with Crippen molar-refractivity contribution in [1.29, 1.82) is 0 Å². The maximum Gasteiger partial charge on any atom is 0.104 e. The second-order valence-corrected chi connectivity index (χ2v) is 3.17. The lowest BCUT2D eigenvalue weighted by molar-refractivity contribution is 0.119. The zero-order valence-corrected chi connectivity index (χ0v) is 7.07. The van der Waals surface area contributed by atoms with Crippen molar-refractivity contribution in [2.45, 2.75) is 11.5 Å². The summed E-state index contributed by atoms with van der Waals surface area (Å²) in [7, 11) is 0. The fraction of sp³-hybridized carbons (Fsp3) is 1.00. The van der Waals surface area contributed by atoms with E-state index in [1.807, 2.05) is 0 Å². The predicted molar refractivity (Wildman–Crippen MR) is 40.9 cm³/mol. The largest absolute Gasteiger partial charge is 0.377 e. The molecular formula is C6H10Cl2O2. The smallest absolute Gasteiger partial charge is 0.104 e. The van der Waals surface area contributed by atoms with Gasteiger partial charge >= 0.3 is 0 Å². The molecule has 0 N–H and O–H groups in total. The molecule has 1 saturated heterocycles. The van der Waals surface area contributed by atoms with E-state index in [1.54, 1.807) is 0 Å². The number of alkyl halides is 2. The topological polar surface area (TPSA) is 21.8 Å². The first-order valence-electron chi connectivity index (χ1n) is 3.22. The van der Waals surface area contributed by atoms with E-state index in [2.05, 4.69) is 0 Å². The molecule has 2 unspecified atom stereocenters. The predicted octanol–water partition coefficient (Wildman–Crippen LogP) is 1.25. The molecule has 1 heterocycles. The number of rotatable bonds is 5. The Morgan fingerprint density at radius 1 is 1.70 bits per heavy atom. The summed E-state index contributed by atoms with van der Waals surface area (Å²) in [6, 6.07) is 0.